The van der Waals surface area contributed by atoms with Crippen LogP contribution in [-0.2, 0) is 0 Å². The number of aryl methyl sites for hydroxylation is 1. The molecule has 0 spiro atoms. The molecule has 0 bridgehead atoms. The van der Waals surface area contributed by atoms with E-state index in [1.54, 1.807) is 7.11 Å². The molecule has 2 aromatic rings. The Morgan fingerprint density at radius 2 is 1.65 bits per heavy atom. The van der Waals surface area contributed by atoms with Crippen LogP contribution in [0.3, 0.4) is 0 Å². The molecule has 3 rings (SSSR count). The van der Waals surface area contributed by atoms with Crippen LogP contribution in [0.2, 0.25) is 0 Å². The van der Waals surface area contributed by atoms with Crippen molar-refractivity contribution in [3.63, 3.8) is 0 Å². The van der Waals surface area contributed by atoms with Gasteiger partial charge in [-0.3, -0.25) is 4.90 Å². The highest BCUT2D eigenvalue weighted by Gasteiger charge is 2.10. The van der Waals surface area contributed by atoms with Crippen LogP contribution in [0.1, 0.15) is 18.4 Å². The second kappa shape index (κ2) is 7.51. The van der Waals surface area contributed by atoms with E-state index in [4.69, 9.17) is 9.47 Å². The average Bonchev–Trinajstić information content (AvgIpc) is 3.10. The first kappa shape index (κ1) is 15.9. The van der Waals surface area contributed by atoms with Gasteiger partial charge in [0.15, 0.2) is 0 Å². The third-order valence-electron chi connectivity index (χ3n) is 4.48. The number of nitrogens with zero attached hydrogens (tertiary/aromatic N) is 1. The fourth-order valence-corrected chi connectivity index (χ4v) is 3.07. The first-order valence-corrected chi connectivity index (χ1v) is 8.36. The van der Waals surface area contributed by atoms with Crippen molar-refractivity contribution >= 4 is 0 Å². The van der Waals surface area contributed by atoms with Crippen molar-refractivity contribution in [2.45, 2.75) is 19.8 Å². The molecular weight excluding hydrogens is 286 g/mol. The fraction of sp³-hybridized carbons (Fsp3) is 0.400. The smallest absolute Gasteiger partial charge is 0.119 e. The van der Waals surface area contributed by atoms with Crippen LogP contribution in [0.4, 0.5) is 0 Å². The van der Waals surface area contributed by atoms with E-state index >= 15 is 0 Å². The zero-order valence-electron chi connectivity index (χ0n) is 14.0. The van der Waals surface area contributed by atoms with Crippen molar-refractivity contribution in [2.75, 3.05) is 33.4 Å². The monoisotopic (exact) mass is 311 g/mol. The van der Waals surface area contributed by atoms with Gasteiger partial charge in [0.05, 0.1) is 7.11 Å². The zero-order valence-corrected chi connectivity index (χ0v) is 14.0. The van der Waals surface area contributed by atoms with Crippen molar-refractivity contribution < 1.29 is 9.47 Å². The molecule has 1 heterocycles. The molecule has 122 valence electrons. The van der Waals surface area contributed by atoms with E-state index < -0.39 is 0 Å². The Labute approximate surface area is 138 Å². The Morgan fingerprint density at radius 1 is 0.957 bits per heavy atom. The Morgan fingerprint density at radius 3 is 2.35 bits per heavy atom. The molecule has 0 unspecified atom stereocenters. The van der Waals surface area contributed by atoms with Crippen molar-refractivity contribution in [1.29, 1.82) is 0 Å². The first-order chi connectivity index (χ1) is 11.3. The van der Waals surface area contributed by atoms with Gasteiger partial charge in [-0.05, 0) is 73.8 Å². The summed E-state index contributed by atoms with van der Waals surface area (Å²) in [6, 6.07) is 14.5. The van der Waals surface area contributed by atoms with Gasteiger partial charge in [-0.25, -0.2) is 0 Å². The van der Waals surface area contributed by atoms with Crippen LogP contribution in [0.5, 0.6) is 11.5 Å². The standard InChI is InChI=1S/C20H25NO2/c1-16-5-8-19(22-2)15-20(16)17-6-9-18(10-7-17)23-14-13-21-11-3-4-12-21/h5-10,15H,3-4,11-14H2,1-2H3. The van der Waals surface area contributed by atoms with Gasteiger partial charge in [-0.1, -0.05) is 18.2 Å². The number of hydrogen-bond acceptors (Lipinski definition) is 3. The molecule has 0 aliphatic carbocycles. The Kier molecular flexibility index (Phi) is 5.19. The largest absolute Gasteiger partial charge is 0.497 e. The van der Waals surface area contributed by atoms with Crippen molar-refractivity contribution in [1.82, 2.24) is 4.90 Å². The molecule has 1 aliphatic heterocycles. The predicted molar refractivity (Wildman–Crippen MR) is 94.3 cm³/mol. The van der Waals surface area contributed by atoms with Crippen LogP contribution in [0.25, 0.3) is 11.1 Å². The van der Waals surface area contributed by atoms with Crippen LogP contribution in [0.15, 0.2) is 42.5 Å². The number of ether oxygens (including phenoxy) is 2. The lowest BCUT2D eigenvalue weighted by atomic mass is 10.0. The summed E-state index contributed by atoms with van der Waals surface area (Å²) >= 11 is 0. The normalized spacial score (nSPS) is 14.9. The molecule has 0 amide bonds. The van der Waals surface area contributed by atoms with Crippen LogP contribution in [0, 0.1) is 6.92 Å². The number of rotatable bonds is 6. The van der Waals surface area contributed by atoms with Crippen molar-refractivity contribution in [2.24, 2.45) is 0 Å². The van der Waals surface area contributed by atoms with E-state index in [0.717, 1.165) is 24.7 Å². The lowest BCUT2D eigenvalue weighted by Gasteiger charge is -2.15. The average molecular weight is 311 g/mol. The maximum Gasteiger partial charge on any atom is 0.119 e. The molecule has 0 saturated carbocycles. The zero-order chi connectivity index (χ0) is 16.1. The second-order valence-corrected chi connectivity index (χ2v) is 6.10. The Bertz CT molecular complexity index is 631. The molecule has 23 heavy (non-hydrogen) atoms. The van der Waals surface area contributed by atoms with Gasteiger partial charge in [0, 0.05) is 6.54 Å². The van der Waals surface area contributed by atoms with Crippen LogP contribution < -0.4 is 9.47 Å². The molecule has 1 saturated heterocycles. The minimum absolute atomic E-state index is 0.761. The summed E-state index contributed by atoms with van der Waals surface area (Å²) in [5.41, 5.74) is 3.63. The topological polar surface area (TPSA) is 21.7 Å². The van der Waals surface area contributed by atoms with Gasteiger partial charge < -0.3 is 9.47 Å². The maximum atomic E-state index is 5.87. The molecule has 0 radical (unpaired) electrons. The molecule has 3 nitrogen and oxygen atoms in total. The molecule has 0 atom stereocenters. The molecule has 1 aliphatic rings. The second-order valence-electron chi connectivity index (χ2n) is 6.10. The lowest BCUT2D eigenvalue weighted by Crippen LogP contribution is -2.25. The van der Waals surface area contributed by atoms with Gasteiger partial charge >= 0.3 is 0 Å². The molecular formula is C20H25NO2. The fourth-order valence-electron chi connectivity index (χ4n) is 3.07. The molecule has 0 aromatic heterocycles. The van der Waals surface area contributed by atoms with Gasteiger partial charge in [0.2, 0.25) is 0 Å². The van der Waals surface area contributed by atoms with E-state index in [9.17, 15) is 0 Å². The third-order valence-corrected chi connectivity index (χ3v) is 4.48. The Hall–Kier alpha value is -2.00. The van der Waals surface area contributed by atoms with Crippen molar-refractivity contribution in [3.8, 4) is 22.6 Å². The highest BCUT2D eigenvalue weighted by Crippen LogP contribution is 2.29. The van der Waals surface area contributed by atoms with Crippen LogP contribution in [-0.4, -0.2) is 38.3 Å². The summed E-state index contributed by atoms with van der Waals surface area (Å²) in [6.07, 6.45) is 2.66. The predicted octanol–water partition coefficient (Wildman–Crippen LogP) is 4.15. The van der Waals surface area contributed by atoms with Crippen molar-refractivity contribution in [3.05, 3.63) is 48.0 Å². The SMILES string of the molecule is COc1ccc(C)c(-c2ccc(OCCN3CCCC3)cc2)c1. The number of methoxy groups -OCH3 is 1. The Balaban J connectivity index is 1.62. The molecule has 2 aromatic carbocycles. The van der Waals surface area contributed by atoms with Crippen LogP contribution >= 0.6 is 0 Å². The summed E-state index contributed by atoms with van der Waals surface area (Å²) < 4.78 is 11.2. The van der Waals surface area contributed by atoms with Gasteiger partial charge in [0.1, 0.15) is 18.1 Å². The van der Waals surface area contributed by atoms with E-state index in [-0.39, 0.29) is 0 Å². The summed E-state index contributed by atoms with van der Waals surface area (Å²) in [5, 5.41) is 0. The summed E-state index contributed by atoms with van der Waals surface area (Å²) in [5.74, 6) is 1.82. The summed E-state index contributed by atoms with van der Waals surface area (Å²) in [4.78, 5) is 2.47. The minimum Gasteiger partial charge on any atom is -0.497 e. The molecule has 0 N–H and O–H groups in total. The molecule has 3 heteroatoms. The van der Waals surface area contributed by atoms with E-state index in [1.165, 1.54) is 42.6 Å². The van der Waals surface area contributed by atoms with E-state index in [1.807, 2.05) is 6.07 Å². The highest BCUT2D eigenvalue weighted by molar-refractivity contribution is 5.69. The summed E-state index contributed by atoms with van der Waals surface area (Å²) in [6.45, 7) is 6.35. The van der Waals surface area contributed by atoms with Gasteiger partial charge in [0.25, 0.3) is 0 Å². The summed E-state index contributed by atoms with van der Waals surface area (Å²) in [7, 11) is 1.70. The number of hydrogen-bond donors (Lipinski definition) is 0. The maximum absolute atomic E-state index is 5.87. The van der Waals surface area contributed by atoms with Gasteiger partial charge in [-0.15, -0.1) is 0 Å². The van der Waals surface area contributed by atoms with E-state index in [2.05, 4.69) is 48.2 Å². The molecule has 1 fully saturated rings. The first-order valence-electron chi connectivity index (χ1n) is 8.36. The van der Waals surface area contributed by atoms with E-state index in [0.29, 0.717) is 0 Å². The number of benzene rings is 2. The third kappa shape index (κ3) is 4.05. The lowest BCUT2D eigenvalue weighted by molar-refractivity contribution is 0.238. The quantitative estimate of drug-likeness (QED) is 0.800. The van der Waals surface area contributed by atoms with Gasteiger partial charge in [-0.2, -0.15) is 0 Å². The highest BCUT2D eigenvalue weighted by atomic mass is 16.5. The minimum atomic E-state index is 0.761. The number of likely N-dealkylation sites (tertiary alicyclic amines) is 1.